The molecule has 3 rings (SSSR count). The minimum Gasteiger partial charge on any atom is -0.487 e. The lowest BCUT2D eigenvalue weighted by atomic mass is 9.75. The fourth-order valence-corrected chi connectivity index (χ4v) is 3.13. The lowest BCUT2D eigenvalue weighted by Crippen LogP contribution is -2.41. The van der Waals surface area contributed by atoms with Gasteiger partial charge in [0.2, 0.25) is 0 Å². The molecule has 1 aromatic rings. The van der Waals surface area contributed by atoms with Gasteiger partial charge < -0.3 is 9.84 Å². The van der Waals surface area contributed by atoms with Gasteiger partial charge in [0.1, 0.15) is 17.2 Å². The van der Waals surface area contributed by atoms with Gasteiger partial charge in [-0.15, -0.1) is 0 Å². The zero-order chi connectivity index (χ0) is 12.8. The minimum atomic E-state index is -0.616. The van der Waals surface area contributed by atoms with Gasteiger partial charge in [-0.2, -0.15) is 0 Å². The topological polar surface area (TPSA) is 29.5 Å². The molecule has 1 aliphatic heterocycles. The zero-order valence-corrected chi connectivity index (χ0v) is 10.7. The highest BCUT2D eigenvalue weighted by molar-refractivity contribution is 5.38. The summed E-state index contributed by atoms with van der Waals surface area (Å²) in [4.78, 5) is 0. The largest absolute Gasteiger partial charge is 0.487 e. The van der Waals surface area contributed by atoms with Crippen LogP contribution in [0.2, 0.25) is 0 Å². The Labute approximate surface area is 107 Å². The molecule has 1 aliphatic carbocycles. The molecule has 98 valence electrons. The molecule has 0 bridgehead atoms. The smallest absolute Gasteiger partial charge is 0.126 e. The summed E-state index contributed by atoms with van der Waals surface area (Å²) in [5.41, 5.74) is 0.274. The third-order valence-electron chi connectivity index (χ3n) is 4.26. The predicted molar refractivity (Wildman–Crippen MR) is 67.0 cm³/mol. The molecule has 1 saturated carbocycles. The zero-order valence-electron chi connectivity index (χ0n) is 10.7. The van der Waals surface area contributed by atoms with Crippen LogP contribution in [0.25, 0.3) is 0 Å². The van der Waals surface area contributed by atoms with Gasteiger partial charge in [-0.3, -0.25) is 0 Å². The Bertz CT molecular complexity index is 456. The van der Waals surface area contributed by atoms with Crippen LogP contribution in [0.1, 0.15) is 50.7 Å². The molecular formula is C15H19FO2. The first-order chi connectivity index (χ1) is 8.56. The van der Waals surface area contributed by atoms with E-state index in [4.69, 9.17) is 4.74 Å². The van der Waals surface area contributed by atoms with Crippen molar-refractivity contribution in [3.05, 3.63) is 29.6 Å². The number of ether oxygens (including phenoxy) is 1. The van der Waals surface area contributed by atoms with Crippen LogP contribution >= 0.6 is 0 Å². The molecule has 2 aliphatic rings. The maximum atomic E-state index is 13.2. The quantitative estimate of drug-likeness (QED) is 0.869. The van der Waals surface area contributed by atoms with E-state index in [0.717, 1.165) is 12.3 Å². The standard InChI is InChI=1S/C15H19FO2/c1-15(8-10-3-2-4-10)9-13(17)12-7-11(16)5-6-14(12)18-15/h5-7,10,13,17H,2-4,8-9H2,1H3/t13-,15?/m1/s1. The highest BCUT2D eigenvalue weighted by atomic mass is 19.1. The van der Waals surface area contributed by atoms with Crippen LogP contribution in [-0.4, -0.2) is 10.7 Å². The van der Waals surface area contributed by atoms with E-state index in [1.54, 1.807) is 6.07 Å². The SMILES string of the molecule is CC1(CC2CCC2)C[C@@H](O)c2cc(F)ccc2O1. The Kier molecular flexibility index (Phi) is 2.81. The molecule has 2 atom stereocenters. The summed E-state index contributed by atoms with van der Waals surface area (Å²) in [6.45, 7) is 2.06. The molecule has 18 heavy (non-hydrogen) atoms. The average molecular weight is 250 g/mol. The van der Waals surface area contributed by atoms with Crippen LogP contribution in [0, 0.1) is 11.7 Å². The van der Waals surface area contributed by atoms with Gasteiger partial charge in [-0.25, -0.2) is 4.39 Å². The number of aliphatic hydroxyl groups excluding tert-OH is 1. The van der Waals surface area contributed by atoms with Crippen LogP contribution in [0.3, 0.4) is 0 Å². The fourth-order valence-electron chi connectivity index (χ4n) is 3.13. The van der Waals surface area contributed by atoms with Crippen molar-refractivity contribution in [3.63, 3.8) is 0 Å². The van der Waals surface area contributed by atoms with Crippen molar-refractivity contribution in [2.75, 3.05) is 0 Å². The fraction of sp³-hybridized carbons (Fsp3) is 0.600. The minimum absolute atomic E-state index is 0.310. The summed E-state index contributed by atoms with van der Waals surface area (Å²) in [6, 6.07) is 4.40. The number of fused-ring (bicyclic) bond motifs is 1. The lowest BCUT2D eigenvalue weighted by Gasteiger charge is -2.42. The number of rotatable bonds is 2. The van der Waals surface area contributed by atoms with Crippen molar-refractivity contribution in [1.29, 1.82) is 0 Å². The van der Waals surface area contributed by atoms with Crippen molar-refractivity contribution in [3.8, 4) is 5.75 Å². The molecule has 0 spiro atoms. The van der Waals surface area contributed by atoms with Crippen molar-refractivity contribution in [1.82, 2.24) is 0 Å². The molecule has 0 radical (unpaired) electrons. The maximum absolute atomic E-state index is 13.2. The van der Waals surface area contributed by atoms with E-state index in [0.29, 0.717) is 17.7 Å². The van der Waals surface area contributed by atoms with E-state index >= 15 is 0 Å². The number of halogens is 1. The lowest BCUT2D eigenvalue weighted by molar-refractivity contribution is -0.0250. The Morgan fingerprint density at radius 1 is 1.44 bits per heavy atom. The maximum Gasteiger partial charge on any atom is 0.126 e. The molecule has 0 aromatic heterocycles. The van der Waals surface area contributed by atoms with E-state index in [1.165, 1.54) is 31.4 Å². The van der Waals surface area contributed by atoms with Gasteiger partial charge in [0, 0.05) is 12.0 Å². The van der Waals surface area contributed by atoms with Gasteiger partial charge >= 0.3 is 0 Å². The van der Waals surface area contributed by atoms with Gasteiger partial charge in [0.25, 0.3) is 0 Å². The Balaban J connectivity index is 1.83. The molecule has 1 N–H and O–H groups in total. The van der Waals surface area contributed by atoms with Crippen molar-refractivity contribution in [2.24, 2.45) is 5.92 Å². The highest BCUT2D eigenvalue weighted by Gasteiger charge is 2.39. The van der Waals surface area contributed by atoms with E-state index < -0.39 is 6.10 Å². The summed E-state index contributed by atoms with van der Waals surface area (Å²) in [5.74, 6) is 1.04. The molecule has 2 nitrogen and oxygen atoms in total. The summed E-state index contributed by atoms with van der Waals surface area (Å²) in [7, 11) is 0. The Hall–Kier alpha value is -1.09. The van der Waals surface area contributed by atoms with E-state index in [2.05, 4.69) is 6.92 Å². The first-order valence-electron chi connectivity index (χ1n) is 6.72. The van der Waals surface area contributed by atoms with Crippen molar-refractivity contribution < 1.29 is 14.2 Å². The van der Waals surface area contributed by atoms with Crippen LogP contribution in [0.5, 0.6) is 5.75 Å². The van der Waals surface area contributed by atoms with E-state index in [1.807, 2.05) is 0 Å². The summed E-state index contributed by atoms with van der Waals surface area (Å²) in [5, 5.41) is 10.2. The van der Waals surface area contributed by atoms with Crippen LogP contribution in [-0.2, 0) is 0 Å². The van der Waals surface area contributed by atoms with Gasteiger partial charge in [0.05, 0.1) is 6.10 Å². The number of benzene rings is 1. The average Bonchev–Trinajstić information content (AvgIpc) is 2.25. The number of hydrogen-bond donors (Lipinski definition) is 1. The molecule has 0 saturated heterocycles. The molecule has 1 fully saturated rings. The third-order valence-corrected chi connectivity index (χ3v) is 4.26. The van der Waals surface area contributed by atoms with Gasteiger partial charge in [-0.05, 0) is 37.5 Å². The first-order valence-corrected chi connectivity index (χ1v) is 6.72. The van der Waals surface area contributed by atoms with E-state index in [-0.39, 0.29) is 11.4 Å². The van der Waals surface area contributed by atoms with E-state index in [9.17, 15) is 9.50 Å². The number of hydrogen-bond acceptors (Lipinski definition) is 2. The summed E-state index contributed by atoms with van der Waals surface area (Å²) in [6.07, 6.45) is 4.78. The normalized spacial score (nSPS) is 31.4. The molecule has 1 heterocycles. The molecule has 0 amide bonds. The van der Waals surface area contributed by atoms with Crippen LogP contribution in [0.15, 0.2) is 18.2 Å². The third kappa shape index (κ3) is 2.12. The first kappa shape index (κ1) is 12.0. The second-order valence-electron chi connectivity index (χ2n) is 5.96. The number of aliphatic hydroxyl groups is 1. The Morgan fingerprint density at radius 3 is 2.89 bits per heavy atom. The van der Waals surface area contributed by atoms with Gasteiger partial charge in [-0.1, -0.05) is 19.3 Å². The predicted octanol–water partition coefficient (Wildman–Crippen LogP) is 3.59. The Morgan fingerprint density at radius 2 is 2.22 bits per heavy atom. The molecular weight excluding hydrogens is 231 g/mol. The molecule has 1 unspecified atom stereocenters. The second kappa shape index (κ2) is 4.23. The van der Waals surface area contributed by atoms with Crippen molar-refractivity contribution >= 4 is 0 Å². The molecule has 3 heteroatoms. The monoisotopic (exact) mass is 250 g/mol. The summed E-state index contributed by atoms with van der Waals surface area (Å²) < 4.78 is 19.2. The highest BCUT2D eigenvalue weighted by Crippen LogP contribution is 2.45. The molecule has 1 aromatic carbocycles. The summed E-state index contributed by atoms with van der Waals surface area (Å²) >= 11 is 0. The van der Waals surface area contributed by atoms with Crippen molar-refractivity contribution in [2.45, 2.75) is 50.7 Å². The van der Waals surface area contributed by atoms with Crippen LogP contribution < -0.4 is 4.74 Å². The van der Waals surface area contributed by atoms with Gasteiger partial charge in [0.15, 0.2) is 0 Å². The second-order valence-corrected chi connectivity index (χ2v) is 5.96. The van der Waals surface area contributed by atoms with Crippen LogP contribution in [0.4, 0.5) is 4.39 Å².